The fraction of sp³-hybridized carbons (Fsp3) is 0.739. The first kappa shape index (κ1) is 19.6. The molecule has 0 unspecified atom stereocenters. The summed E-state index contributed by atoms with van der Waals surface area (Å²) in [6.07, 6.45) is 9.54. The number of alkyl halides is 1. The molecule has 2 fully saturated rings. The van der Waals surface area contributed by atoms with Crippen molar-refractivity contribution in [2.24, 2.45) is 5.92 Å². The molecule has 0 amide bonds. The van der Waals surface area contributed by atoms with Crippen LogP contribution in [-0.4, -0.2) is 27.2 Å². The highest BCUT2D eigenvalue weighted by Gasteiger charge is 2.48. The maximum absolute atomic E-state index is 11.0. The molecule has 2 saturated carbocycles. The molecule has 4 heteroatoms. The molecule has 0 aromatic heterocycles. The van der Waals surface area contributed by atoms with Crippen LogP contribution in [0.15, 0.2) is 12.1 Å². The van der Waals surface area contributed by atoms with Crippen LogP contribution < -0.4 is 4.74 Å². The largest absolute Gasteiger partial charge is 0.508 e. The Balaban J connectivity index is 1.70. The highest BCUT2D eigenvalue weighted by molar-refractivity contribution is 9.09. The molecular formula is C23H33BrO3. The minimum atomic E-state index is -0.269. The third-order valence-corrected chi connectivity index (χ3v) is 8.10. The maximum Gasteiger partial charge on any atom is 0.127 e. The Morgan fingerprint density at radius 2 is 1.96 bits per heavy atom. The zero-order valence-corrected chi connectivity index (χ0v) is 18.2. The molecule has 1 aromatic carbocycles. The summed E-state index contributed by atoms with van der Waals surface area (Å²) >= 11 is 3.54. The van der Waals surface area contributed by atoms with E-state index in [0.29, 0.717) is 11.7 Å². The standard InChI is InChI=1S/C23H33BrO3/c1-22(2)18-7-6-16(25)14-17(18)21-19(26)12-15(13-20(21)27-22)23(9-5-10-23)8-3-4-11-24/h12-13,16-18,25-26H,3-11,14H2,1-2H3/t16-,17+,18+/m0/s1. The second kappa shape index (κ2) is 7.26. The van der Waals surface area contributed by atoms with Gasteiger partial charge in [-0.25, -0.2) is 0 Å². The Labute approximate surface area is 171 Å². The minimum absolute atomic E-state index is 0.187. The van der Waals surface area contributed by atoms with Crippen LogP contribution in [0.1, 0.15) is 88.7 Å². The van der Waals surface area contributed by atoms with Crippen molar-refractivity contribution in [1.82, 2.24) is 0 Å². The van der Waals surface area contributed by atoms with Gasteiger partial charge in [-0.3, -0.25) is 0 Å². The van der Waals surface area contributed by atoms with Gasteiger partial charge in [-0.05, 0) is 81.9 Å². The van der Waals surface area contributed by atoms with Gasteiger partial charge in [0.1, 0.15) is 17.1 Å². The number of fused-ring (bicyclic) bond motifs is 3. The first-order valence-corrected chi connectivity index (χ1v) is 11.8. The highest BCUT2D eigenvalue weighted by atomic mass is 79.9. The van der Waals surface area contributed by atoms with Gasteiger partial charge in [0.2, 0.25) is 0 Å². The smallest absolute Gasteiger partial charge is 0.127 e. The van der Waals surface area contributed by atoms with Gasteiger partial charge in [-0.1, -0.05) is 28.8 Å². The van der Waals surface area contributed by atoms with E-state index in [4.69, 9.17) is 4.74 Å². The lowest BCUT2D eigenvalue weighted by molar-refractivity contribution is -0.0318. The van der Waals surface area contributed by atoms with Crippen molar-refractivity contribution in [1.29, 1.82) is 0 Å². The molecule has 0 spiro atoms. The summed E-state index contributed by atoms with van der Waals surface area (Å²) in [5, 5.41) is 22.3. The Morgan fingerprint density at radius 1 is 1.19 bits per heavy atom. The first-order valence-electron chi connectivity index (χ1n) is 10.7. The van der Waals surface area contributed by atoms with Crippen LogP contribution >= 0.6 is 15.9 Å². The Hall–Kier alpha value is -0.740. The van der Waals surface area contributed by atoms with Gasteiger partial charge in [0.15, 0.2) is 0 Å². The minimum Gasteiger partial charge on any atom is -0.508 e. The van der Waals surface area contributed by atoms with Gasteiger partial charge in [0.05, 0.1) is 6.10 Å². The molecule has 150 valence electrons. The summed E-state index contributed by atoms with van der Waals surface area (Å²) < 4.78 is 6.49. The number of unbranched alkanes of at least 4 members (excludes halogenated alkanes) is 1. The van der Waals surface area contributed by atoms with Crippen LogP contribution in [-0.2, 0) is 5.41 Å². The SMILES string of the molecule is CC1(C)Oc2cc(C3(CCCCBr)CCC3)cc(O)c2[C@@H]2C[C@@H](O)CC[C@H]21. The predicted molar refractivity (Wildman–Crippen MR) is 112 cm³/mol. The summed E-state index contributed by atoms with van der Waals surface area (Å²) in [4.78, 5) is 0. The lowest BCUT2D eigenvalue weighted by Gasteiger charge is -2.49. The quantitative estimate of drug-likeness (QED) is 0.453. The van der Waals surface area contributed by atoms with E-state index in [1.54, 1.807) is 0 Å². The Morgan fingerprint density at radius 3 is 2.63 bits per heavy atom. The lowest BCUT2D eigenvalue weighted by Crippen LogP contribution is -2.47. The predicted octanol–water partition coefficient (Wildman–Crippen LogP) is 5.79. The number of phenolic OH excluding ortho intramolecular Hbond substituents is 1. The molecule has 3 atom stereocenters. The number of ether oxygens (including phenoxy) is 1. The maximum atomic E-state index is 11.0. The Bertz CT molecular complexity index is 695. The van der Waals surface area contributed by atoms with Crippen molar-refractivity contribution >= 4 is 15.9 Å². The molecular weight excluding hydrogens is 404 g/mol. The second-order valence-electron chi connectivity index (χ2n) is 9.57. The number of aliphatic hydroxyl groups is 1. The molecule has 1 heterocycles. The second-order valence-corrected chi connectivity index (χ2v) is 10.4. The topological polar surface area (TPSA) is 49.7 Å². The lowest BCUT2D eigenvalue weighted by atomic mass is 9.61. The van der Waals surface area contributed by atoms with Crippen molar-refractivity contribution < 1.29 is 14.9 Å². The number of hydrogen-bond donors (Lipinski definition) is 2. The normalized spacial score (nSPS) is 30.6. The third kappa shape index (κ3) is 3.42. The average Bonchev–Trinajstić information content (AvgIpc) is 2.55. The number of phenols is 1. The first-order chi connectivity index (χ1) is 12.9. The van der Waals surface area contributed by atoms with Gasteiger partial charge in [0.25, 0.3) is 0 Å². The van der Waals surface area contributed by atoms with Crippen molar-refractivity contribution in [2.45, 2.75) is 94.7 Å². The molecule has 2 N–H and O–H groups in total. The van der Waals surface area contributed by atoms with Gasteiger partial charge in [0, 0.05) is 22.7 Å². The number of halogens is 1. The Kier molecular flexibility index (Phi) is 5.26. The zero-order chi connectivity index (χ0) is 19.2. The molecule has 0 bridgehead atoms. The number of hydrogen-bond acceptors (Lipinski definition) is 3. The van der Waals surface area contributed by atoms with E-state index in [1.807, 2.05) is 6.07 Å². The summed E-state index contributed by atoms with van der Waals surface area (Å²) in [7, 11) is 0. The van der Waals surface area contributed by atoms with E-state index in [2.05, 4.69) is 35.8 Å². The van der Waals surface area contributed by atoms with Crippen molar-refractivity contribution in [3.8, 4) is 11.5 Å². The van der Waals surface area contributed by atoms with Gasteiger partial charge < -0.3 is 14.9 Å². The van der Waals surface area contributed by atoms with E-state index in [9.17, 15) is 10.2 Å². The summed E-state index contributed by atoms with van der Waals surface area (Å²) in [5.41, 5.74) is 2.15. The van der Waals surface area contributed by atoms with E-state index in [0.717, 1.165) is 35.9 Å². The van der Waals surface area contributed by atoms with E-state index >= 15 is 0 Å². The molecule has 0 radical (unpaired) electrons. The number of aliphatic hydroxyl groups excluding tert-OH is 1. The van der Waals surface area contributed by atoms with Crippen LogP contribution in [0.4, 0.5) is 0 Å². The zero-order valence-electron chi connectivity index (χ0n) is 16.6. The van der Waals surface area contributed by atoms with Crippen LogP contribution in [0, 0.1) is 5.92 Å². The monoisotopic (exact) mass is 436 g/mol. The van der Waals surface area contributed by atoms with E-state index in [1.165, 1.54) is 44.1 Å². The molecule has 0 saturated heterocycles. The van der Waals surface area contributed by atoms with Crippen molar-refractivity contribution in [2.75, 3.05) is 5.33 Å². The highest BCUT2D eigenvalue weighted by Crippen LogP contribution is 2.57. The molecule has 4 rings (SSSR count). The van der Waals surface area contributed by atoms with Crippen LogP contribution in [0.25, 0.3) is 0 Å². The molecule has 1 aromatic rings. The fourth-order valence-electron chi connectivity index (χ4n) is 5.88. The third-order valence-electron chi connectivity index (χ3n) is 7.54. The molecule has 2 aliphatic carbocycles. The summed E-state index contributed by atoms with van der Waals surface area (Å²) in [6.45, 7) is 4.34. The van der Waals surface area contributed by atoms with Crippen molar-refractivity contribution in [3.05, 3.63) is 23.3 Å². The summed E-state index contributed by atoms with van der Waals surface area (Å²) in [6, 6.07) is 4.24. The fourth-order valence-corrected chi connectivity index (χ4v) is 6.27. The number of rotatable bonds is 5. The number of benzene rings is 1. The van der Waals surface area contributed by atoms with Gasteiger partial charge in [-0.2, -0.15) is 0 Å². The van der Waals surface area contributed by atoms with Gasteiger partial charge in [-0.15, -0.1) is 0 Å². The molecule has 3 nitrogen and oxygen atoms in total. The van der Waals surface area contributed by atoms with Crippen LogP contribution in [0.3, 0.4) is 0 Å². The van der Waals surface area contributed by atoms with Gasteiger partial charge >= 0.3 is 0 Å². The average molecular weight is 437 g/mol. The van der Waals surface area contributed by atoms with E-state index in [-0.39, 0.29) is 23.0 Å². The molecule has 3 aliphatic rings. The van der Waals surface area contributed by atoms with E-state index < -0.39 is 0 Å². The summed E-state index contributed by atoms with van der Waals surface area (Å²) in [5.74, 6) is 1.78. The van der Waals surface area contributed by atoms with Crippen LogP contribution in [0.5, 0.6) is 11.5 Å². The molecule has 27 heavy (non-hydrogen) atoms. The van der Waals surface area contributed by atoms with Crippen LogP contribution in [0.2, 0.25) is 0 Å². The van der Waals surface area contributed by atoms with Crippen molar-refractivity contribution in [3.63, 3.8) is 0 Å². The molecule has 1 aliphatic heterocycles. The number of aromatic hydroxyl groups is 1.